The number of aryl methyl sites for hydroxylation is 1. The zero-order valence-electron chi connectivity index (χ0n) is 6.92. The maximum Gasteiger partial charge on any atom is 0.123 e. The van der Waals surface area contributed by atoms with Gasteiger partial charge in [-0.3, -0.25) is 0 Å². The molecule has 0 spiro atoms. The molecule has 0 amide bonds. The van der Waals surface area contributed by atoms with Crippen molar-refractivity contribution in [1.29, 1.82) is 0 Å². The minimum absolute atomic E-state index is 0.164. The Labute approximate surface area is 70.8 Å². The number of rotatable bonds is 2. The van der Waals surface area contributed by atoms with E-state index in [1.165, 1.54) is 12.1 Å². The predicted octanol–water partition coefficient (Wildman–Crippen LogP) is 1.13. The molecule has 0 aliphatic rings. The molecule has 1 aromatic carbocycles. The second-order valence-corrected chi connectivity index (χ2v) is 2.85. The Morgan fingerprint density at radius 3 is 2.67 bits per heavy atom. The normalized spacial score (nSPS) is 13.0. The zero-order chi connectivity index (χ0) is 9.14. The van der Waals surface area contributed by atoms with Gasteiger partial charge >= 0.3 is 0 Å². The molecule has 0 aliphatic carbocycles. The molecule has 0 aromatic heterocycles. The van der Waals surface area contributed by atoms with E-state index in [1.54, 1.807) is 13.0 Å². The fraction of sp³-hybridized carbons (Fsp3) is 0.333. The van der Waals surface area contributed by atoms with Gasteiger partial charge in [0.1, 0.15) is 5.82 Å². The fourth-order valence-corrected chi connectivity index (χ4v) is 1.08. The van der Waals surface area contributed by atoms with Crippen LogP contribution in [0.15, 0.2) is 18.2 Å². The zero-order valence-corrected chi connectivity index (χ0v) is 6.92. The van der Waals surface area contributed by atoms with Crippen LogP contribution in [-0.4, -0.2) is 11.7 Å². The molecule has 66 valence electrons. The highest BCUT2D eigenvalue weighted by atomic mass is 19.1. The predicted molar refractivity (Wildman–Crippen MR) is 45.2 cm³/mol. The van der Waals surface area contributed by atoms with Gasteiger partial charge in [-0.2, -0.15) is 0 Å². The molecular formula is C9H12FNO. The average molecular weight is 169 g/mol. The second-order valence-electron chi connectivity index (χ2n) is 2.85. The van der Waals surface area contributed by atoms with Gasteiger partial charge in [0, 0.05) is 0 Å². The minimum atomic E-state index is -0.487. The quantitative estimate of drug-likeness (QED) is 0.697. The van der Waals surface area contributed by atoms with Gasteiger partial charge in [0.15, 0.2) is 0 Å². The Morgan fingerprint density at radius 2 is 2.17 bits per heavy atom. The van der Waals surface area contributed by atoms with Gasteiger partial charge in [0.25, 0.3) is 0 Å². The smallest absolute Gasteiger partial charge is 0.123 e. The first kappa shape index (κ1) is 9.16. The number of aliphatic hydroxyl groups excluding tert-OH is 1. The highest BCUT2D eigenvalue weighted by Crippen LogP contribution is 2.13. The number of nitrogens with two attached hydrogens (primary N) is 1. The summed E-state index contributed by atoms with van der Waals surface area (Å²) in [6.45, 7) is 1.62. The van der Waals surface area contributed by atoms with Crippen LogP contribution in [0.1, 0.15) is 17.2 Å². The van der Waals surface area contributed by atoms with Crippen LogP contribution in [-0.2, 0) is 0 Å². The summed E-state index contributed by atoms with van der Waals surface area (Å²) in [6, 6.07) is 4.05. The third-order valence-electron chi connectivity index (χ3n) is 1.69. The van der Waals surface area contributed by atoms with E-state index in [4.69, 9.17) is 10.8 Å². The third-order valence-corrected chi connectivity index (χ3v) is 1.69. The van der Waals surface area contributed by atoms with Gasteiger partial charge in [-0.05, 0) is 30.2 Å². The summed E-state index contributed by atoms with van der Waals surface area (Å²) in [5, 5.41) is 8.72. The topological polar surface area (TPSA) is 46.2 Å². The van der Waals surface area contributed by atoms with Gasteiger partial charge in [-0.1, -0.05) is 6.07 Å². The molecule has 0 fully saturated rings. The van der Waals surface area contributed by atoms with Crippen LogP contribution in [0.3, 0.4) is 0 Å². The van der Waals surface area contributed by atoms with E-state index in [0.717, 1.165) is 5.56 Å². The monoisotopic (exact) mass is 169 g/mol. The van der Waals surface area contributed by atoms with Crippen molar-refractivity contribution in [1.82, 2.24) is 0 Å². The van der Waals surface area contributed by atoms with Crippen LogP contribution in [0.5, 0.6) is 0 Å². The Bertz CT molecular complexity index is 255. The van der Waals surface area contributed by atoms with Crippen LogP contribution >= 0.6 is 0 Å². The summed E-state index contributed by atoms with van der Waals surface area (Å²) in [5.74, 6) is -0.311. The summed E-state index contributed by atoms with van der Waals surface area (Å²) >= 11 is 0. The van der Waals surface area contributed by atoms with E-state index in [1.807, 2.05) is 0 Å². The largest absolute Gasteiger partial charge is 0.394 e. The summed E-state index contributed by atoms with van der Waals surface area (Å²) in [6.07, 6.45) is 0. The first-order chi connectivity index (χ1) is 5.63. The highest BCUT2D eigenvalue weighted by Gasteiger charge is 2.05. The number of hydrogen-bond acceptors (Lipinski definition) is 2. The van der Waals surface area contributed by atoms with E-state index in [9.17, 15) is 4.39 Å². The van der Waals surface area contributed by atoms with E-state index in [2.05, 4.69) is 0 Å². The Kier molecular flexibility index (Phi) is 2.78. The third kappa shape index (κ3) is 2.03. The van der Waals surface area contributed by atoms with Gasteiger partial charge in [0.05, 0.1) is 12.6 Å². The van der Waals surface area contributed by atoms with Gasteiger partial charge in [-0.25, -0.2) is 4.39 Å². The Morgan fingerprint density at radius 1 is 1.50 bits per heavy atom. The molecule has 1 aromatic rings. The molecule has 2 nitrogen and oxygen atoms in total. The van der Waals surface area contributed by atoms with E-state index < -0.39 is 6.04 Å². The number of halogens is 1. The van der Waals surface area contributed by atoms with Gasteiger partial charge < -0.3 is 10.8 Å². The molecule has 0 saturated heterocycles. The fourth-order valence-electron chi connectivity index (χ4n) is 1.08. The molecule has 12 heavy (non-hydrogen) atoms. The molecule has 1 rings (SSSR count). The van der Waals surface area contributed by atoms with Crippen LogP contribution in [0.25, 0.3) is 0 Å². The lowest BCUT2D eigenvalue weighted by atomic mass is 10.1. The van der Waals surface area contributed by atoms with Crippen molar-refractivity contribution < 1.29 is 9.50 Å². The van der Waals surface area contributed by atoms with Crippen molar-refractivity contribution in [2.75, 3.05) is 6.61 Å². The van der Waals surface area contributed by atoms with Crippen LogP contribution in [0.2, 0.25) is 0 Å². The summed E-state index contributed by atoms with van der Waals surface area (Å²) in [5.41, 5.74) is 6.96. The maximum absolute atomic E-state index is 12.8. The summed E-state index contributed by atoms with van der Waals surface area (Å²) < 4.78 is 12.8. The first-order valence-corrected chi connectivity index (χ1v) is 3.77. The maximum atomic E-state index is 12.8. The number of aliphatic hydroxyl groups is 1. The van der Waals surface area contributed by atoms with Crippen molar-refractivity contribution in [3.05, 3.63) is 35.1 Å². The lowest BCUT2D eigenvalue weighted by Crippen LogP contribution is -2.14. The highest BCUT2D eigenvalue weighted by molar-refractivity contribution is 5.25. The molecule has 1 atom stereocenters. The number of hydrogen-bond donors (Lipinski definition) is 2. The standard InChI is InChI=1S/C9H12FNO/c1-6-2-7(9(11)5-12)4-8(10)3-6/h2-4,9,12H,5,11H2,1H3/t9-/m0/s1. The molecule has 3 heteroatoms. The summed E-state index contributed by atoms with van der Waals surface area (Å²) in [4.78, 5) is 0. The molecule has 3 N–H and O–H groups in total. The van der Waals surface area contributed by atoms with Crippen LogP contribution in [0.4, 0.5) is 4.39 Å². The number of benzene rings is 1. The average Bonchev–Trinajstić information content (AvgIpc) is 2.01. The molecule has 0 bridgehead atoms. The van der Waals surface area contributed by atoms with Crippen molar-refractivity contribution in [2.45, 2.75) is 13.0 Å². The van der Waals surface area contributed by atoms with Gasteiger partial charge in [-0.15, -0.1) is 0 Å². The van der Waals surface area contributed by atoms with E-state index in [-0.39, 0.29) is 12.4 Å². The first-order valence-electron chi connectivity index (χ1n) is 3.77. The van der Waals surface area contributed by atoms with E-state index in [0.29, 0.717) is 5.56 Å². The van der Waals surface area contributed by atoms with Crippen molar-refractivity contribution in [3.63, 3.8) is 0 Å². The lowest BCUT2D eigenvalue weighted by Gasteiger charge is -2.08. The Balaban J connectivity index is 3.00. The molecule has 0 radical (unpaired) electrons. The molecule has 0 aliphatic heterocycles. The molecule has 0 unspecified atom stereocenters. The van der Waals surface area contributed by atoms with Gasteiger partial charge in [0.2, 0.25) is 0 Å². The second kappa shape index (κ2) is 3.65. The van der Waals surface area contributed by atoms with Crippen molar-refractivity contribution >= 4 is 0 Å². The van der Waals surface area contributed by atoms with Crippen molar-refractivity contribution in [2.24, 2.45) is 5.73 Å². The lowest BCUT2D eigenvalue weighted by molar-refractivity contribution is 0.267. The molecular weight excluding hydrogens is 157 g/mol. The van der Waals surface area contributed by atoms with Crippen molar-refractivity contribution in [3.8, 4) is 0 Å². The Hall–Kier alpha value is -0.930. The SMILES string of the molecule is Cc1cc(F)cc([C@@H](N)CO)c1. The molecule has 0 saturated carbocycles. The minimum Gasteiger partial charge on any atom is -0.394 e. The molecule has 0 heterocycles. The summed E-state index contributed by atoms with van der Waals surface area (Å²) in [7, 11) is 0. The van der Waals surface area contributed by atoms with Crippen LogP contribution in [0, 0.1) is 12.7 Å². The van der Waals surface area contributed by atoms with Crippen LogP contribution < -0.4 is 5.73 Å². The van der Waals surface area contributed by atoms with E-state index >= 15 is 0 Å².